The molecule has 6 heteroatoms. The molecule has 1 aromatic carbocycles. The largest absolute Gasteiger partial charge is 0.478 e. The molecule has 3 aromatic rings. The van der Waals surface area contributed by atoms with Crippen LogP contribution in [0.5, 0.6) is 0 Å². The lowest BCUT2D eigenvalue weighted by atomic mass is 10.2. The summed E-state index contributed by atoms with van der Waals surface area (Å²) in [6.07, 6.45) is 1.40. The van der Waals surface area contributed by atoms with E-state index in [1.54, 1.807) is 11.7 Å². The van der Waals surface area contributed by atoms with Crippen LogP contribution in [0.3, 0.4) is 0 Å². The van der Waals surface area contributed by atoms with E-state index in [9.17, 15) is 9.90 Å². The zero-order valence-corrected chi connectivity index (χ0v) is 12.4. The van der Waals surface area contributed by atoms with Gasteiger partial charge >= 0.3 is 5.97 Å². The molecule has 0 fully saturated rings. The fraction of sp³-hybridized carbons (Fsp3) is 0.133. The van der Waals surface area contributed by atoms with Gasteiger partial charge in [-0.1, -0.05) is 30.0 Å². The Morgan fingerprint density at radius 2 is 2.00 bits per heavy atom. The number of pyridine rings is 1. The highest BCUT2D eigenvalue weighted by molar-refractivity contribution is 7.99. The molecule has 0 bridgehead atoms. The molecule has 0 spiro atoms. The molecule has 0 amide bonds. The minimum Gasteiger partial charge on any atom is -0.478 e. The van der Waals surface area contributed by atoms with Crippen molar-refractivity contribution in [2.45, 2.75) is 16.7 Å². The van der Waals surface area contributed by atoms with Crippen molar-refractivity contribution < 1.29 is 9.90 Å². The average molecular weight is 299 g/mol. The minimum absolute atomic E-state index is 0.201. The van der Waals surface area contributed by atoms with Crippen molar-refractivity contribution in [2.24, 2.45) is 7.05 Å². The maximum Gasteiger partial charge on any atom is 0.338 e. The van der Waals surface area contributed by atoms with Crippen LogP contribution in [0.15, 0.2) is 46.3 Å². The summed E-state index contributed by atoms with van der Waals surface area (Å²) in [6.45, 7) is 1.87. The number of hydrogen-bond acceptors (Lipinski definition) is 4. The van der Waals surface area contributed by atoms with Gasteiger partial charge in [0.2, 0.25) is 0 Å². The number of carbonyl (C=O) groups is 1. The Hall–Kier alpha value is -2.34. The van der Waals surface area contributed by atoms with Crippen molar-refractivity contribution >= 4 is 28.8 Å². The molecule has 21 heavy (non-hydrogen) atoms. The van der Waals surface area contributed by atoms with E-state index in [-0.39, 0.29) is 5.56 Å². The molecule has 0 saturated carbocycles. The standard InChI is InChI=1S/C15H13N3O2S/c1-9-12-13(21-10-6-4-3-5-7-10)11(15(19)20)8-16-14(12)18(2)17-9/h3-8H,1-2H3,(H,19,20). The summed E-state index contributed by atoms with van der Waals surface area (Å²) in [4.78, 5) is 17.4. The zero-order chi connectivity index (χ0) is 15.0. The molecule has 0 aliphatic heterocycles. The van der Waals surface area contributed by atoms with E-state index in [0.29, 0.717) is 10.5 Å². The van der Waals surface area contributed by atoms with E-state index in [1.807, 2.05) is 37.3 Å². The molecule has 0 unspecified atom stereocenters. The van der Waals surface area contributed by atoms with E-state index in [4.69, 9.17) is 0 Å². The van der Waals surface area contributed by atoms with Crippen LogP contribution in [-0.2, 0) is 7.05 Å². The molecule has 3 rings (SSSR count). The summed E-state index contributed by atoms with van der Waals surface area (Å²) in [5, 5.41) is 14.6. The Labute approximate surface area is 125 Å². The highest BCUT2D eigenvalue weighted by atomic mass is 32.2. The van der Waals surface area contributed by atoms with Gasteiger partial charge in [0.1, 0.15) is 0 Å². The van der Waals surface area contributed by atoms with Crippen molar-refractivity contribution in [3.8, 4) is 0 Å². The summed E-state index contributed by atoms with van der Waals surface area (Å²) in [5.41, 5.74) is 1.67. The maximum absolute atomic E-state index is 11.5. The number of aromatic nitrogens is 3. The van der Waals surface area contributed by atoms with Gasteiger partial charge in [-0.2, -0.15) is 5.10 Å². The number of carboxylic acid groups (broad SMARTS) is 1. The minimum atomic E-state index is -0.980. The molecule has 0 radical (unpaired) electrons. The lowest BCUT2D eigenvalue weighted by Gasteiger charge is -2.07. The third-order valence-electron chi connectivity index (χ3n) is 3.17. The molecule has 0 aliphatic carbocycles. The van der Waals surface area contributed by atoms with Crippen LogP contribution in [0.25, 0.3) is 11.0 Å². The molecule has 1 N–H and O–H groups in total. The topological polar surface area (TPSA) is 68.0 Å². The van der Waals surface area contributed by atoms with Gasteiger partial charge < -0.3 is 5.11 Å². The Kier molecular flexibility index (Phi) is 3.39. The quantitative estimate of drug-likeness (QED) is 0.804. The summed E-state index contributed by atoms with van der Waals surface area (Å²) in [7, 11) is 1.81. The lowest BCUT2D eigenvalue weighted by molar-refractivity contribution is 0.0693. The first-order chi connectivity index (χ1) is 10.1. The number of aryl methyl sites for hydroxylation is 2. The molecular weight excluding hydrogens is 286 g/mol. The number of fused-ring (bicyclic) bond motifs is 1. The van der Waals surface area contributed by atoms with Crippen molar-refractivity contribution in [3.63, 3.8) is 0 Å². The molecule has 0 saturated heterocycles. The van der Waals surface area contributed by atoms with Gasteiger partial charge in [0.25, 0.3) is 0 Å². The third-order valence-corrected chi connectivity index (χ3v) is 4.31. The molecular formula is C15H13N3O2S. The van der Waals surface area contributed by atoms with Crippen LogP contribution in [0.2, 0.25) is 0 Å². The SMILES string of the molecule is Cc1nn(C)c2ncc(C(=O)O)c(Sc3ccccc3)c12. The fourth-order valence-corrected chi connectivity index (χ4v) is 3.36. The Bertz CT molecular complexity index is 828. The normalized spacial score (nSPS) is 11.0. The zero-order valence-electron chi connectivity index (χ0n) is 11.6. The third kappa shape index (κ3) is 2.38. The van der Waals surface area contributed by atoms with Crippen molar-refractivity contribution in [3.05, 3.63) is 47.8 Å². The first-order valence-corrected chi connectivity index (χ1v) is 7.18. The number of carboxylic acids is 1. The van der Waals surface area contributed by atoms with Crippen LogP contribution in [-0.4, -0.2) is 25.8 Å². The van der Waals surface area contributed by atoms with Gasteiger partial charge in [0.05, 0.1) is 16.6 Å². The van der Waals surface area contributed by atoms with Gasteiger partial charge in [0, 0.05) is 23.0 Å². The van der Waals surface area contributed by atoms with E-state index in [1.165, 1.54) is 18.0 Å². The van der Waals surface area contributed by atoms with E-state index in [0.717, 1.165) is 16.0 Å². The van der Waals surface area contributed by atoms with Gasteiger partial charge in [0.15, 0.2) is 5.65 Å². The molecule has 0 atom stereocenters. The second-order valence-corrected chi connectivity index (χ2v) is 5.71. The van der Waals surface area contributed by atoms with Crippen LogP contribution in [0.4, 0.5) is 0 Å². The van der Waals surface area contributed by atoms with Gasteiger partial charge in [-0.05, 0) is 19.1 Å². The summed E-state index contributed by atoms with van der Waals surface area (Å²) in [5.74, 6) is -0.980. The first kappa shape index (κ1) is 13.6. The van der Waals surface area contributed by atoms with Crippen molar-refractivity contribution in [1.82, 2.24) is 14.8 Å². The summed E-state index contributed by atoms with van der Waals surface area (Å²) >= 11 is 1.43. The number of aromatic carboxylic acids is 1. The predicted octanol–water partition coefficient (Wildman–Crippen LogP) is 3.13. The smallest absolute Gasteiger partial charge is 0.338 e. The Balaban J connectivity index is 2.26. The average Bonchev–Trinajstić information content (AvgIpc) is 2.75. The molecule has 5 nitrogen and oxygen atoms in total. The van der Waals surface area contributed by atoms with Gasteiger partial charge in [-0.3, -0.25) is 4.68 Å². The first-order valence-electron chi connectivity index (χ1n) is 6.36. The second-order valence-electron chi connectivity index (χ2n) is 4.63. The van der Waals surface area contributed by atoms with E-state index < -0.39 is 5.97 Å². The number of hydrogen-bond donors (Lipinski definition) is 1. The molecule has 2 heterocycles. The van der Waals surface area contributed by atoms with Gasteiger partial charge in [-0.15, -0.1) is 0 Å². The molecule has 0 aliphatic rings. The van der Waals surface area contributed by atoms with Crippen LogP contribution >= 0.6 is 11.8 Å². The monoisotopic (exact) mass is 299 g/mol. The predicted molar refractivity (Wildman–Crippen MR) is 80.8 cm³/mol. The number of nitrogens with zero attached hydrogens (tertiary/aromatic N) is 3. The molecule has 2 aromatic heterocycles. The second kappa shape index (κ2) is 5.21. The summed E-state index contributed by atoms with van der Waals surface area (Å²) in [6, 6.07) is 9.69. The highest BCUT2D eigenvalue weighted by Gasteiger charge is 2.20. The van der Waals surface area contributed by atoms with E-state index >= 15 is 0 Å². The van der Waals surface area contributed by atoms with Crippen molar-refractivity contribution in [1.29, 1.82) is 0 Å². The van der Waals surface area contributed by atoms with E-state index in [2.05, 4.69) is 10.1 Å². The lowest BCUT2D eigenvalue weighted by Crippen LogP contribution is -2.01. The molecule has 106 valence electrons. The Morgan fingerprint density at radius 1 is 1.29 bits per heavy atom. The maximum atomic E-state index is 11.5. The van der Waals surface area contributed by atoms with Gasteiger partial charge in [-0.25, -0.2) is 9.78 Å². The van der Waals surface area contributed by atoms with Crippen molar-refractivity contribution in [2.75, 3.05) is 0 Å². The Morgan fingerprint density at radius 3 is 2.67 bits per heavy atom. The highest BCUT2D eigenvalue weighted by Crippen LogP contribution is 2.36. The van der Waals surface area contributed by atoms with Crippen LogP contribution < -0.4 is 0 Å². The van der Waals surface area contributed by atoms with Crippen LogP contribution in [0.1, 0.15) is 16.1 Å². The number of rotatable bonds is 3. The fourth-order valence-electron chi connectivity index (χ4n) is 2.24. The summed E-state index contributed by atoms with van der Waals surface area (Å²) < 4.78 is 1.67. The number of benzene rings is 1. The van der Waals surface area contributed by atoms with Crippen LogP contribution in [0, 0.1) is 6.92 Å².